The molecule has 2 aromatic rings. The predicted octanol–water partition coefficient (Wildman–Crippen LogP) is 5.13. The van der Waals surface area contributed by atoms with E-state index in [1.807, 2.05) is 30.0 Å². The van der Waals surface area contributed by atoms with E-state index in [1.165, 1.54) is 22.6 Å². The molecule has 1 N–H and O–H groups in total. The lowest BCUT2D eigenvalue weighted by Gasteiger charge is -2.27. The number of fused-ring (bicyclic) bond motifs is 1. The molecule has 0 radical (unpaired) electrons. The lowest BCUT2D eigenvalue weighted by atomic mass is 10.0. The fourth-order valence-electron chi connectivity index (χ4n) is 2.29. The summed E-state index contributed by atoms with van der Waals surface area (Å²) >= 11 is 7.92. The van der Waals surface area contributed by atoms with Crippen molar-refractivity contribution in [2.75, 3.05) is 11.1 Å². The van der Waals surface area contributed by atoms with Crippen LogP contribution in [0.25, 0.3) is 0 Å². The predicted molar refractivity (Wildman–Crippen MR) is 79.6 cm³/mol. The number of nitrogens with one attached hydrogen (secondary N) is 1. The molecule has 0 bridgehead atoms. The number of thioether (sulfide) groups is 1. The van der Waals surface area contributed by atoms with Gasteiger partial charge in [0.25, 0.3) is 0 Å². The van der Waals surface area contributed by atoms with E-state index in [1.54, 1.807) is 6.07 Å². The summed E-state index contributed by atoms with van der Waals surface area (Å²) in [4.78, 5) is 1.25. The third-order valence-electron chi connectivity index (χ3n) is 3.18. The molecule has 19 heavy (non-hydrogen) atoms. The van der Waals surface area contributed by atoms with Crippen LogP contribution in [0, 0.1) is 5.82 Å². The van der Waals surface area contributed by atoms with E-state index in [0.29, 0.717) is 0 Å². The summed E-state index contributed by atoms with van der Waals surface area (Å²) in [5, 5.41) is 4.14. The van der Waals surface area contributed by atoms with Gasteiger partial charge in [-0.2, -0.15) is 0 Å². The Hall–Kier alpha value is -1.19. The van der Waals surface area contributed by atoms with Gasteiger partial charge in [-0.25, -0.2) is 4.39 Å². The van der Waals surface area contributed by atoms with Gasteiger partial charge in [0, 0.05) is 21.4 Å². The summed E-state index contributed by atoms with van der Waals surface area (Å²) in [6.45, 7) is 0. The molecule has 2 aromatic carbocycles. The molecule has 1 atom stereocenters. The molecule has 0 saturated carbocycles. The molecule has 4 heteroatoms. The number of benzene rings is 2. The Morgan fingerprint density at radius 1 is 1.21 bits per heavy atom. The van der Waals surface area contributed by atoms with Crippen LogP contribution >= 0.6 is 23.4 Å². The monoisotopic (exact) mass is 293 g/mol. The van der Waals surface area contributed by atoms with Gasteiger partial charge in [0.15, 0.2) is 0 Å². The number of rotatable bonds is 2. The number of hydrogen-bond acceptors (Lipinski definition) is 2. The Bertz CT molecular complexity index is 602. The average Bonchev–Trinajstić information content (AvgIpc) is 2.39. The third-order valence-corrected chi connectivity index (χ3v) is 4.53. The maximum absolute atomic E-state index is 13.2. The third kappa shape index (κ3) is 2.88. The quantitative estimate of drug-likeness (QED) is 0.824. The van der Waals surface area contributed by atoms with Crippen LogP contribution in [-0.4, -0.2) is 5.75 Å². The average molecular weight is 294 g/mol. The fourth-order valence-corrected chi connectivity index (χ4v) is 3.58. The lowest BCUT2D eigenvalue weighted by Crippen LogP contribution is -2.16. The van der Waals surface area contributed by atoms with Crippen LogP contribution in [0.15, 0.2) is 47.4 Å². The molecule has 1 unspecified atom stereocenters. The second kappa shape index (κ2) is 5.43. The molecule has 1 aliphatic heterocycles. The Morgan fingerprint density at radius 3 is 2.95 bits per heavy atom. The van der Waals surface area contributed by atoms with Gasteiger partial charge in [-0.3, -0.25) is 0 Å². The molecule has 1 heterocycles. The highest BCUT2D eigenvalue weighted by Gasteiger charge is 2.20. The Kier molecular flexibility index (Phi) is 3.67. The Morgan fingerprint density at radius 2 is 2.11 bits per heavy atom. The highest BCUT2D eigenvalue weighted by Crippen LogP contribution is 2.39. The summed E-state index contributed by atoms with van der Waals surface area (Å²) in [5.41, 5.74) is 2.01. The van der Waals surface area contributed by atoms with E-state index in [-0.39, 0.29) is 11.9 Å². The molecule has 3 rings (SSSR count). The molecule has 0 aliphatic carbocycles. The van der Waals surface area contributed by atoms with Crippen molar-refractivity contribution >= 4 is 29.1 Å². The van der Waals surface area contributed by atoms with Crippen LogP contribution in [0.3, 0.4) is 0 Å². The zero-order valence-corrected chi connectivity index (χ0v) is 11.8. The van der Waals surface area contributed by atoms with Crippen LogP contribution in [0.5, 0.6) is 0 Å². The van der Waals surface area contributed by atoms with Gasteiger partial charge in [0.2, 0.25) is 0 Å². The number of anilines is 1. The first kappa shape index (κ1) is 12.8. The SMILES string of the molecule is Fc1cccc(NC2CCSc3ccc(Cl)cc32)c1. The molecule has 98 valence electrons. The van der Waals surface area contributed by atoms with E-state index in [9.17, 15) is 4.39 Å². The van der Waals surface area contributed by atoms with E-state index >= 15 is 0 Å². The summed E-state index contributed by atoms with van der Waals surface area (Å²) in [6.07, 6.45) is 1.01. The molecular weight excluding hydrogens is 281 g/mol. The Balaban J connectivity index is 1.89. The minimum absolute atomic E-state index is 0.191. The van der Waals surface area contributed by atoms with E-state index < -0.39 is 0 Å². The largest absolute Gasteiger partial charge is 0.378 e. The zero-order chi connectivity index (χ0) is 13.2. The van der Waals surface area contributed by atoms with Crippen molar-refractivity contribution in [3.05, 3.63) is 58.9 Å². The highest BCUT2D eigenvalue weighted by atomic mass is 35.5. The van der Waals surface area contributed by atoms with Crippen molar-refractivity contribution in [1.29, 1.82) is 0 Å². The summed E-state index contributed by atoms with van der Waals surface area (Å²) in [6, 6.07) is 12.7. The van der Waals surface area contributed by atoms with Gasteiger partial charge in [-0.1, -0.05) is 17.7 Å². The van der Waals surface area contributed by atoms with Crippen LogP contribution in [0.2, 0.25) is 5.02 Å². The summed E-state index contributed by atoms with van der Waals surface area (Å²) in [7, 11) is 0. The molecule has 1 aliphatic rings. The minimum atomic E-state index is -0.221. The first-order chi connectivity index (χ1) is 9.22. The van der Waals surface area contributed by atoms with E-state index in [4.69, 9.17) is 11.6 Å². The van der Waals surface area contributed by atoms with Gasteiger partial charge in [0.05, 0.1) is 6.04 Å². The van der Waals surface area contributed by atoms with E-state index in [0.717, 1.165) is 22.9 Å². The maximum Gasteiger partial charge on any atom is 0.125 e. The van der Waals surface area contributed by atoms with Crippen LogP contribution in [0.1, 0.15) is 18.0 Å². The summed E-state index contributed by atoms with van der Waals surface area (Å²) < 4.78 is 13.2. The number of hydrogen-bond donors (Lipinski definition) is 1. The zero-order valence-electron chi connectivity index (χ0n) is 10.2. The van der Waals surface area contributed by atoms with Gasteiger partial charge < -0.3 is 5.32 Å². The van der Waals surface area contributed by atoms with Crippen molar-refractivity contribution in [1.82, 2.24) is 0 Å². The smallest absolute Gasteiger partial charge is 0.125 e. The molecule has 0 amide bonds. The van der Waals surface area contributed by atoms with Crippen molar-refractivity contribution in [2.24, 2.45) is 0 Å². The Labute approximate surface area is 121 Å². The summed E-state index contributed by atoms with van der Waals surface area (Å²) in [5.74, 6) is 0.836. The van der Waals surface area contributed by atoms with Gasteiger partial charge in [0.1, 0.15) is 5.82 Å². The van der Waals surface area contributed by atoms with Crippen LogP contribution < -0.4 is 5.32 Å². The lowest BCUT2D eigenvalue weighted by molar-refractivity contribution is 0.627. The second-order valence-corrected chi connectivity index (χ2v) is 6.10. The van der Waals surface area contributed by atoms with Crippen molar-refractivity contribution < 1.29 is 4.39 Å². The second-order valence-electron chi connectivity index (χ2n) is 4.53. The highest BCUT2D eigenvalue weighted by molar-refractivity contribution is 7.99. The molecular formula is C15H13ClFNS. The topological polar surface area (TPSA) is 12.0 Å². The number of halogens is 2. The van der Waals surface area contributed by atoms with Gasteiger partial charge >= 0.3 is 0 Å². The molecule has 1 nitrogen and oxygen atoms in total. The van der Waals surface area contributed by atoms with E-state index in [2.05, 4.69) is 11.4 Å². The fraction of sp³-hybridized carbons (Fsp3) is 0.200. The van der Waals surface area contributed by atoms with Gasteiger partial charge in [-0.15, -0.1) is 11.8 Å². The van der Waals surface area contributed by atoms with Gasteiger partial charge in [-0.05, 0) is 48.4 Å². The standard InChI is InChI=1S/C15H13ClFNS/c16-10-4-5-15-13(8-10)14(6-7-19-15)18-12-3-1-2-11(17)9-12/h1-5,8-9,14,18H,6-7H2. The first-order valence-electron chi connectivity index (χ1n) is 6.17. The normalized spacial score (nSPS) is 17.9. The van der Waals surface area contributed by atoms with Crippen molar-refractivity contribution in [3.8, 4) is 0 Å². The maximum atomic E-state index is 13.2. The van der Waals surface area contributed by atoms with Crippen LogP contribution in [0.4, 0.5) is 10.1 Å². The van der Waals surface area contributed by atoms with Crippen molar-refractivity contribution in [3.63, 3.8) is 0 Å². The molecule has 0 fully saturated rings. The molecule has 0 spiro atoms. The molecule has 0 aromatic heterocycles. The minimum Gasteiger partial charge on any atom is -0.378 e. The molecule has 0 saturated heterocycles. The first-order valence-corrected chi connectivity index (χ1v) is 7.53. The van der Waals surface area contributed by atoms with Crippen molar-refractivity contribution in [2.45, 2.75) is 17.4 Å². The van der Waals surface area contributed by atoms with Crippen LogP contribution in [-0.2, 0) is 0 Å².